The molecule has 1 aliphatic rings. The number of aromatic nitrogens is 2. The van der Waals surface area contributed by atoms with Crippen LogP contribution in [0.15, 0.2) is 6.20 Å². The van der Waals surface area contributed by atoms with Gasteiger partial charge in [0, 0.05) is 6.54 Å². The fraction of sp³-hybridized carbons (Fsp3) is 0.500. The number of nitrogens with zero attached hydrogens (tertiary/aromatic N) is 2. The van der Waals surface area contributed by atoms with Gasteiger partial charge < -0.3 is 0 Å². The molecule has 2 rings (SSSR count). The van der Waals surface area contributed by atoms with Gasteiger partial charge in [-0.05, 0) is 12.0 Å². The summed E-state index contributed by atoms with van der Waals surface area (Å²) in [5.41, 5.74) is 2.47. The molecule has 0 fully saturated rings. The molecule has 1 aliphatic heterocycles. The predicted octanol–water partition coefficient (Wildman–Crippen LogP) is -0.359. The van der Waals surface area contributed by atoms with Gasteiger partial charge in [-0.15, -0.1) is 0 Å². The third-order valence-electron chi connectivity index (χ3n) is 1.84. The second-order valence-electron chi connectivity index (χ2n) is 2.59. The quantitative estimate of drug-likeness (QED) is 0.481. The van der Waals surface area contributed by atoms with Crippen LogP contribution in [0.4, 0.5) is 0 Å². The molecule has 3 N–H and O–H groups in total. The first-order chi connectivity index (χ1) is 4.86. The number of rotatable bonds is 0. The van der Waals surface area contributed by atoms with Crippen molar-refractivity contribution in [3.63, 3.8) is 0 Å². The first kappa shape index (κ1) is 5.88. The fourth-order valence-electron chi connectivity index (χ4n) is 1.24. The highest BCUT2D eigenvalue weighted by molar-refractivity contribution is 5.18. The van der Waals surface area contributed by atoms with E-state index in [0.717, 1.165) is 25.2 Å². The number of hydrazine groups is 1. The van der Waals surface area contributed by atoms with Crippen LogP contribution in [0.1, 0.15) is 11.3 Å². The average Bonchev–Trinajstić information content (AvgIpc) is 2.33. The molecular formula is C6H10N4. The maximum absolute atomic E-state index is 5.59. The van der Waals surface area contributed by atoms with Gasteiger partial charge in [0.25, 0.3) is 0 Å². The Bertz CT molecular complexity index is 229. The molecule has 4 heteroatoms. The Morgan fingerprint density at radius 1 is 1.70 bits per heavy atom. The first-order valence-corrected chi connectivity index (χ1v) is 3.37. The van der Waals surface area contributed by atoms with E-state index in [0.29, 0.717) is 0 Å². The molecule has 10 heavy (non-hydrogen) atoms. The summed E-state index contributed by atoms with van der Waals surface area (Å²) in [6.07, 6.45) is 2.89. The van der Waals surface area contributed by atoms with E-state index in [-0.39, 0.29) is 0 Å². The third-order valence-corrected chi connectivity index (χ3v) is 1.84. The Hall–Kier alpha value is -0.870. The molecule has 0 saturated heterocycles. The molecule has 4 nitrogen and oxygen atoms in total. The second-order valence-corrected chi connectivity index (χ2v) is 2.59. The van der Waals surface area contributed by atoms with Crippen molar-refractivity contribution in [2.45, 2.75) is 13.0 Å². The topological polar surface area (TPSA) is 57.9 Å². The van der Waals surface area contributed by atoms with Crippen LogP contribution in [0, 0.1) is 0 Å². The van der Waals surface area contributed by atoms with Gasteiger partial charge in [-0.2, -0.15) is 5.10 Å². The van der Waals surface area contributed by atoms with Crippen LogP contribution in [-0.2, 0) is 13.0 Å². The minimum Gasteiger partial charge on any atom is -0.281 e. The van der Waals surface area contributed by atoms with Crippen molar-refractivity contribution >= 4 is 0 Å². The van der Waals surface area contributed by atoms with E-state index < -0.39 is 0 Å². The number of hydrogen-bond donors (Lipinski definition) is 2. The summed E-state index contributed by atoms with van der Waals surface area (Å²) >= 11 is 0. The summed E-state index contributed by atoms with van der Waals surface area (Å²) in [7, 11) is 0. The van der Waals surface area contributed by atoms with Crippen molar-refractivity contribution in [2.24, 2.45) is 5.84 Å². The fourth-order valence-corrected chi connectivity index (χ4v) is 1.24. The van der Waals surface area contributed by atoms with E-state index >= 15 is 0 Å². The lowest BCUT2D eigenvalue weighted by Gasteiger charge is -2.20. The van der Waals surface area contributed by atoms with Crippen LogP contribution in [0.5, 0.6) is 0 Å². The minimum absolute atomic E-state index is 0.801. The van der Waals surface area contributed by atoms with E-state index in [2.05, 4.69) is 10.2 Å². The monoisotopic (exact) mass is 138 g/mol. The molecule has 0 atom stereocenters. The highest BCUT2D eigenvalue weighted by Crippen LogP contribution is 2.12. The van der Waals surface area contributed by atoms with Crippen molar-refractivity contribution in [1.82, 2.24) is 15.2 Å². The maximum atomic E-state index is 5.59. The molecule has 0 spiro atoms. The van der Waals surface area contributed by atoms with Crippen LogP contribution < -0.4 is 5.84 Å². The van der Waals surface area contributed by atoms with Gasteiger partial charge in [-0.3, -0.25) is 10.9 Å². The smallest absolute Gasteiger partial charge is 0.0549 e. The minimum atomic E-state index is 0.801. The van der Waals surface area contributed by atoms with Gasteiger partial charge in [0.15, 0.2) is 0 Å². The molecule has 2 heterocycles. The van der Waals surface area contributed by atoms with Crippen molar-refractivity contribution in [1.29, 1.82) is 0 Å². The Morgan fingerprint density at radius 3 is 3.50 bits per heavy atom. The number of aromatic amines is 1. The van der Waals surface area contributed by atoms with Gasteiger partial charge in [0.1, 0.15) is 0 Å². The summed E-state index contributed by atoms with van der Waals surface area (Å²) in [6.45, 7) is 1.74. The Balaban J connectivity index is 2.30. The molecule has 0 saturated carbocycles. The lowest BCUT2D eigenvalue weighted by Crippen LogP contribution is -2.35. The van der Waals surface area contributed by atoms with Crippen molar-refractivity contribution < 1.29 is 0 Å². The van der Waals surface area contributed by atoms with Crippen molar-refractivity contribution in [3.05, 3.63) is 17.5 Å². The predicted molar refractivity (Wildman–Crippen MR) is 36.9 cm³/mol. The van der Waals surface area contributed by atoms with Crippen LogP contribution in [0.2, 0.25) is 0 Å². The van der Waals surface area contributed by atoms with E-state index in [1.165, 1.54) is 5.56 Å². The first-order valence-electron chi connectivity index (χ1n) is 3.37. The highest BCUT2D eigenvalue weighted by Gasteiger charge is 2.13. The molecule has 0 amide bonds. The Labute approximate surface area is 59.0 Å². The molecule has 54 valence electrons. The molecule has 0 aromatic carbocycles. The highest BCUT2D eigenvalue weighted by atomic mass is 15.4. The molecule has 0 unspecified atom stereocenters. The zero-order valence-electron chi connectivity index (χ0n) is 5.67. The third kappa shape index (κ3) is 0.815. The molecule has 0 aliphatic carbocycles. The summed E-state index contributed by atoms with van der Waals surface area (Å²) in [4.78, 5) is 0. The van der Waals surface area contributed by atoms with Gasteiger partial charge >= 0.3 is 0 Å². The molecular weight excluding hydrogens is 128 g/mol. The van der Waals surface area contributed by atoms with Crippen LogP contribution >= 0.6 is 0 Å². The van der Waals surface area contributed by atoms with Gasteiger partial charge in [-0.1, -0.05) is 0 Å². The van der Waals surface area contributed by atoms with E-state index in [1.54, 1.807) is 5.01 Å². The lowest BCUT2D eigenvalue weighted by atomic mass is 10.1. The van der Waals surface area contributed by atoms with E-state index in [9.17, 15) is 0 Å². The molecule has 0 bridgehead atoms. The largest absolute Gasteiger partial charge is 0.281 e. The second kappa shape index (κ2) is 2.07. The van der Waals surface area contributed by atoms with Crippen LogP contribution in [-0.4, -0.2) is 21.8 Å². The normalized spacial score (nSPS) is 18.9. The summed E-state index contributed by atoms with van der Waals surface area (Å²) in [5, 5.41) is 8.64. The molecule has 0 radical (unpaired) electrons. The average molecular weight is 138 g/mol. The van der Waals surface area contributed by atoms with E-state index in [4.69, 9.17) is 5.84 Å². The zero-order chi connectivity index (χ0) is 6.97. The molecule has 1 aromatic rings. The Kier molecular flexibility index (Phi) is 1.22. The standard InChI is InChI=1S/C6H10N4/c7-10-2-1-5-3-8-9-6(5)4-10/h3H,1-2,4,7H2,(H,8,9). The lowest BCUT2D eigenvalue weighted by molar-refractivity contribution is 0.259. The Morgan fingerprint density at radius 2 is 2.60 bits per heavy atom. The molecule has 1 aromatic heterocycles. The van der Waals surface area contributed by atoms with Crippen molar-refractivity contribution in [2.75, 3.05) is 6.54 Å². The van der Waals surface area contributed by atoms with Crippen LogP contribution in [0.3, 0.4) is 0 Å². The zero-order valence-corrected chi connectivity index (χ0v) is 5.67. The van der Waals surface area contributed by atoms with Gasteiger partial charge in [0.2, 0.25) is 0 Å². The number of nitrogens with one attached hydrogen (secondary N) is 1. The van der Waals surface area contributed by atoms with Gasteiger partial charge in [-0.25, -0.2) is 5.01 Å². The number of fused-ring (bicyclic) bond motifs is 1. The number of H-pyrrole nitrogens is 1. The van der Waals surface area contributed by atoms with Gasteiger partial charge in [0.05, 0.1) is 18.4 Å². The number of nitrogens with two attached hydrogens (primary N) is 1. The SMILES string of the molecule is NN1CCc2cn[nH]c2C1. The summed E-state index contributed by atoms with van der Waals surface area (Å²) in [6, 6.07) is 0. The number of hydrogen-bond acceptors (Lipinski definition) is 3. The van der Waals surface area contributed by atoms with Crippen LogP contribution in [0.25, 0.3) is 0 Å². The summed E-state index contributed by atoms with van der Waals surface area (Å²) in [5.74, 6) is 5.59. The maximum Gasteiger partial charge on any atom is 0.0549 e. The van der Waals surface area contributed by atoms with E-state index in [1.807, 2.05) is 6.20 Å². The van der Waals surface area contributed by atoms with Crippen molar-refractivity contribution in [3.8, 4) is 0 Å². The summed E-state index contributed by atoms with van der Waals surface area (Å²) < 4.78 is 0.